The molecule has 8 heteroatoms. The van der Waals surface area contributed by atoms with E-state index in [1.807, 2.05) is 55.5 Å². The first kappa shape index (κ1) is 25.0. The van der Waals surface area contributed by atoms with E-state index in [1.165, 1.54) is 4.90 Å². The highest BCUT2D eigenvalue weighted by Crippen LogP contribution is 2.27. The number of benzene rings is 3. The number of methoxy groups -OCH3 is 1. The molecule has 0 N–H and O–H groups in total. The van der Waals surface area contributed by atoms with Crippen molar-refractivity contribution in [3.05, 3.63) is 101 Å². The first-order valence-electron chi connectivity index (χ1n) is 12.5. The summed E-state index contributed by atoms with van der Waals surface area (Å²) >= 11 is 0. The van der Waals surface area contributed by atoms with Gasteiger partial charge in [0.15, 0.2) is 5.69 Å². The van der Waals surface area contributed by atoms with Crippen LogP contribution in [0.4, 0.5) is 0 Å². The van der Waals surface area contributed by atoms with E-state index in [0.29, 0.717) is 36.3 Å². The largest absolute Gasteiger partial charge is 0.497 e. The molecule has 0 unspecified atom stereocenters. The Bertz CT molecular complexity index is 1470. The molecule has 0 saturated carbocycles. The predicted molar refractivity (Wildman–Crippen MR) is 144 cm³/mol. The van der Waals surface area contributed by atoms with E-state index < -0.39 is 0 Å². The monoisotopic (exact) mass is 508 g/mol. The lowest BCUT2D eigenvalue weighted by Gasteiger charge is -2.14. The lowest BCUT2D eigenvalue weighted by molar-refractivity contribution is 0.0655. The molecule has 0 aliphatic carbocycles. The summed E-state index contributed by atoms with van der Waals surface area (Å²) in [5.41, 5.74) is 4.72. The van der Waals surface area contributed by atoms with Crippen LogP contribution < -0.4 is 4.74 Å². The topological polar surface area (TPSA) is 84.7 Å². The number of hydrogen-bond acceptors (Lipinski definition) is 5. The molecule has 1 aromatic heterocycles. The highest BCUT2D eigenvalue weighted by Gasteiger charge is 2.34. The van der Waals surface area contributed by atoms with Crippen molar-refractivity contribution in [2.75, 3.05) is 27.2 Å². The number of carbonyl (C=O) groups excluding carboxylic acids is 3. The van der Waals surface area contributed by atoms with Crippen molar-refractivity contribution < 1.29 is 19.1 Å². The zero-order valence-electron chi connectivity index (χ0n) is 21.5. The molecule has 0 atom stereocenters. The van der Waals surface area contributed by atoms with E-state index in [9.17, 15) is 14.4 Å². The average Bonchev–Trinajstić information content (AvgIpc) is 3.51. The van der Waals surface area contributed by atoms with E-state index in [1.54, 1.807) is 54.1 Å². The molecule has 3 amide bonds. The van der Waals surface area contributed by atoms with Crippen molar-refractivity contribution in [1.29, 1.82) is 0 Å². The summed E-state index contributed by atoms with van der Waals surface area (Å²) in [5, 5.41) is 4.63. The Hall–Kier alpha value is -4.72. The van der Waals surface area contributed by atoms with Crippen molar-refractivity contribution in [2.24, 2.45) is 0 Å². The maximum atomic E-state index is 12.9. The summed E-state index contributed by atoms with van der Waals surface area (Å²) in [5.74, 6) is 0.0742. The molecule has 1 aliphatic heterocycles. The molecule has 5 rings (SSSR count). The average molecular weight is 509 g/mol. The van der Waals surface area contributed by atoms with Crippen LogP contribution >= 0.6 is 0 Å². The van der Waals surface area contributed by atoms with Gasteiger partial charge in [-0.05, 0) is 61.4 Å². The zero-order chi connectivity index (χ0) is 26.8. The normalized spacial score (nSPS) is 12.6. The zero-order valence-corrected chi connectivity index (χ0v) is 21.5. The summed E-state index contributed by atoms with van der Waals surface area (Å²) in [6, 6.07) is 24.1. The van der Waals surface area contributed by atoms with Crippen molar-refractivity contribution in [3.63, 3.8) is 0 Å². The van der Waals surface area contributed by atoms with Gasteiger partial charge in [-0.1, -0.05) is 36.4 Å². The first-order chi connectivity index (χ1) is 18.4. The van der Waals surface area contributed by atoms with Gasteiger partial charge in [0.1, 0.15) is 5.75 Å². The van der Waals surface area contributed by atoms with Gasteiger partial charge in [0.25, 0.3) is 17.7 Å². The molecule has 0 saturated heterocycles. The number of rotatable bonds is 8. The Morgan fingerprint density at radius 3 is 2.13 bits per heavy atom. The number of aromatic nitrogens is 2. The Balaban J connectivity index is 1.39. The second-order valence-corrected chi connectivity index (χ2v) is 9.10. The van der Waals surface area contributed by atoms with Gasteiger partial charge in [-0.15, -0.1) is 0 Å². The van der Waals surface area contributed by atoms with Crippen LogP contribution in [0.15, 0.2) is 78.9 Å². The number of hydrogen-bond donors (Lipinski definition) is 0. The summed E-state index contributed by atoms with van der Waals surface area (Å²) in [6.45, 7) is 2.79. The number of nitrogens with zero attached hydrogens (tertiary/aromatic N) is 4. The van der Waals surface area contributed by atoms with Crippen molar-refractivity contribution in [3.8, 4) is 22.7 Å². The molecule has 3 aromatic carbocycles. The summed E-state index contributed by atoms with van der Waals surface area (Å²) in [4.78, 5) is 41.1. The van der Waals surface area contributed by atoms with Crippen molar-refractivity contribution in [1.82, 2.24) is 19.6 Å². The third-order valence-corrected chi connectivity index (χ3v) is 6.82. The van der Waals surface area contributed by atoms with Crippen LogP contribution in [0.25, 0.3) is 16.9 Å². The second kappa shape index (κ2) is 10.3. The molecule has 192 valence electrons. The summed E-state index contributed by atoms with van der Waals surface area (Å²) in [6.07, 6.45) is 0.536. The third-order valence-electron chi connectivity index (χ3n) is 6.82. The third kappa shape index (κ3) is 4.56. The van der Waals surface area contributed by atoms with Gasteiger partial charge < -0.3 is 9.64 Å². The molecule has 38 heavy (non-hydrogen) atoms. The van der Waals surface area contributed by atoms with E-state index in [-0.39, 0.29) is 17.7 Å². The van der Waals surface area contributed by atoms with Gasteiger partial charge >= 0.3 is 0 Å². The Morgan fingerprint density at radius 2 is 1.55 bits per heavy atom. The quantitative estimate of drug-likeness (QED) is 0.328. The van der Waals surface area contributed by atoms with E-state index >= 15 is 0 Å². The number of imide groups is 1. The van der Waals surface area contributed by atoms with Gasteiger partial charge in [0.2, 0.25) is 0 Å². The SMILES string of the molecule is CCN(C)C(=O)c1cc(-c2ccc(CCN3C(=O)c4ccccc4C3=O)cc2)n(-c2ccc(OC)cc2)n1. The van der Waals surface area contributed by atoms with Crippen LogP contribution in [-0.4, -0.2) is 64.5 Å². The maximum absolute atomic E-state index is 12.9. The smallest absolute Gasteiger partial charge is 0.274 e. The van der Waals surface area contributed by atoms with E-state index in [0.717, 1.165) is 28.3 Å². The van der Waals surface area contributed by atoms with E-state index in [4.69, 9.17) is 4.74 Å². The fraction of sp³-hybridized carbons (Fsp3) is 0.200. The van der Waals surface area contributed by atoms with Crippen LogP contribution in [0.2, 0.25) is 0 Å². The predicted octanol–water partition coefficient (Wildman–Crippen LogP) is 4.48. The van der Waals surface area contributed by atoms with Crippen LogP contribution in [0.3, 0.4) is 0 Å². The second-order valence-electron chi connectivity index (χ2n) is 9.10. The molecule has 0 bridgehead atoms. The molecule has 0 spiro atoms. The van der Waals surface area contributed by atoms with Crippen LogP contribution in [-0.2, 0) is 6.42 Å². The molecule has 4 aromatic rings. The van der Waals surface area contributed by atoms with Crippen LogP contribution in [0.5, 0.6) is 5.75 Å². The van der Waals surface area contributed by atoms with Crippen LogP contribution in [0, 0.1) is 0 Å². The Labute approximate surface area is 221 Å². The lowest BCUT2D eigenvalue weighted by atomic mass is 10.1. The highest BCUT2D eigenvalue weighted by molar-refractivity contribution is 6.21. The highest BCUT2D eigenvalue weighted by atomic mass is 16.5. The summed E-state index contributed by atoms with van der Waals surface area (Å²) < 4.78 is 7.03. The van der Waals surface area contributed by atoms with Gasteiger partial charge in [-0.3, -0.25) is 19.3 Å². The minimum Gasteiger partial charge on any atom is -0.497 e. The van der Waals surface area contributed by atoms with Gasteiger partial charge in [-0.25, -0.2) is 4.68 Å². The molecular weight excluding hydrogens is 480 g/mol. The first-order valence-corrected chi connectivity index (χ1v) is 12.5. The Morgan fingerprint density at radius 1 is 0.921 bits per heavy atom. The number of fused-ring (bicyclic) bond motifs is 1. The Kier molecular flexibility index (Phi) is 6.79. The van der Waals surface area contributed by atoms with Crippen LogP contribution in [0.1, 0.15) is 43.7 Å². The molecule has 2 heterocycles. The standard InChI is InChI=1S/C30H28N4O4/c1-4-32(2)30(37)26-19-27(34(31-26)22-13-15-23(38-3)16-14-22)21-11-9-20(10-12-21)17-18-33-28(35)24-7-5-6-8-25(24)29(33)36/h5-16,19H,4,17-18H2,1-3H3. The van der Waals surface area contributed by atoms with Gasteiger partial charge in [-0.2, -0.15) is 5.10 Å². The van der Waals surface area contributed by atoms with Crippen molar-refractivity contribution >= 4 is 17.7 Å². The fourth-order valence-electron chi connectivity index (χ4n) is 4.48. The summed E-state index contributed by atoms with van der Waals surface area (Å²) in [7, 11) is 3.36. The van der Waals surface area contributed by atoms with E-state index in [2.05, 4.69) is 5.10 Å². The molecule has 0 fully saturated rings. The number of carbonyl (C=O) groups is 3. The van der Waals surface area contributed by atoms with Gasteiger partial charge in [0, 0.05) is 25.7 Å². The molecule has 1 aliphatic rings. The van der Waals surface area contributed by atoms with Gasteiger partial charge in [0.05, 0.1) is 29.6 Å². The molecular formula is C30H28N4O4. The maximum Gasteiger partial charge on any atom is 0.274 e. The fourth-order valence-corrected chi connectivity index (χ4v) is 4.48. The minimum absolute atomic E-state index is 0.154. The number of ether oxygens (including phenoxy) is 1. The number of amides is 3. The minimum atomic E-state index is -0.250. The lowest BCUT2D eigenvalue weighted by Crippen LogP contribution is -2.31. The molecule has 0 radical (unpaired) electrons. The van der Waals surface area contributed by atoms with Crippen molar-refractivity contribution in [2.45, 2.75) is 13.3 Å². The molecule has 8 nitrogen and oxygen atoms in total.